The van der Waals surface area contributed by atoms with Crippen molar-refractivity contribution in [2.75, 3.05) is 25.1 Å². The molecule has 0 radical (unpaired) electrons. The van der Waals surface area contributed by atoms with Crippen LogP contribution in [-0.2, 0) is 36.5 Å². The first kappa shape index (κ1) is 25.1. The van der Waals surface area contributed by atoms with Gasteiger partial charge in [-0.1, -0.05) is 12.1 Å². The van der Waals surface area contributed by atoms with Crippen LogP contribution in [0, 0.1) is 0 Å². The van der Waals surface area contributed by atoms with E-state index in [0.29, 0.717) is 30.6 Å². The Hall–Kier alpha value is -3.24. The van der Waals surface area contributed by atoms with Crippen molar-refractivity contribution in [2.45, 2.75) is 56.5 Å². The van der Waals surface area contributed by atoms with Crippen molar-refractivity contribution in [3.8, 4) is 0 Å². The van der Waals surface area contributed by atoms with Crippen LogP contribution in [0.4, 0.5) is 18.9 Å². The molecule has 3 aliphatic rings. The predicted molar refractivity (Wildman–Crippen MR) is 135 cm³/mol. The Balaban J connectivity index is 1.36. The molecule has 38 heavy (non-hydrogen) atoms. The van der Waals surface area contributed by atoms with Crippen molar-refractivity contribution in [3.63, 3.8) is 0 Å². The Morgan fingerprint density at radius 3 is 2.55 bits per heavy atom. The molecule has 2 fully saturated rings. The molecule has 1 saturated heterocycles. The number of alkyl halides is 3. The molecule has 1 amide bonds. The van der Waals surface area contributed by atoms with Gasteiger partial charge >= 0.3 is 6.18 Å². The number of fused-ring (bicyclic) bond motifs is 1. The van der Waals surface area contributed by atoms with Gasteiger partial charge in [0.1, 0.15) is 12.2 Å². The highest BCUT2D eigenvalue weighted by Gasteiger charge is 2.50. The van der Waals surface area contributed by atoms with Crippen molar-refractivity contribution in [2.24, 2.45) is 7.05 Å². The van der Waals surface area contributed by atoms with Crippen molar-refractivity contribution in [1.29, 1.82) is 0 Å². The lowest BCUT2D eigenvalue weighted by Crippen LogP contribution is -2.48. The average Bonchev–Trinajstić information content (AvgIpc) is 3.60. The van der Waals surface area contributed by atoms with Gasteiger partial charge in [0.25, 0.3) is 5.91 Å². The largest absolute Gasteiger partial charge is 0.416 e. The monoisotopic (exact) mass is 525 g/mol. The van der Waals surface area contributed by atoms with Gasteiger partial charge in [0.2, 0.25) is 0 Å². The van der Waals surface area contributed by atoms with E-state index >= 15 is 0 Å². The number of methoxy groups -OCH3 is 1. The van der Waals surface area contributed by atoms with Gasteiger partial charge in [0, 0.05) is 32.0 Å². The van der Waals surface area contributed by atoms with Gasteiger partial charge in [-0.05, 0) is 79.7 Å². The Kier molecular flexibility index (Phi) is 6.07. The molecule has 0 atom stereocenters. The number of ether oxygens (including phenoxy) is 1. The number of likely N-dealkylation sites (tertiary alicyclic amines) is 1. The lowest BCUT2D eigenvalue weighted by molar-refractivity contribution is -0.138. The van der Waals surface area contributed by atoms with E-state index in [4.69, 9.17) is 4.74 Å². The fraction of sp³-hybridized carbons (Fsp3) is 0.464. The van der Waals surface area contributed by atoms with Crippen molar-refractivity contribution >= 4 is 11.6 Å². The minimum atomic E-state index is -4.54. The lowest BCUT2D eigenvalue weighted by Gasteiger charge is -2.46. The van der Waals surface area contributed by atoms with E-state index in [0.717, 1.165) is 37.3 Å². The molecule has 1 aromatic heterocycles. The zero-order valence-electron chi connectivity index (χ0n) is 21.5. The molecule has 3 aromatic rings. The summed E-state index contributed by atoms with van der Waals surface area (Å²) in [4.78, 5) is 17.2. The van der Waals surface area contributed by atoms with Crippen LogP contribution >= 0.6 is 0 Å². The average molecular weight is 526 g/mol. The molecule has 0 unspecified atom stereocenters. The standard InChI is InChI=1S/C28H30F3N5O2/c1-34-17-32-33-26(34)27(13-21(14-27)38-2)19-6-5-7-20(12-19)36-16-23-22(25(36)37)10-18(11-24(23)28(29,30)31)15-35-8-3-4-9-35/h5-7,10-12,17,21H,3-4,8-9,13-16H2,1-2H3/t21-,27-. The number of benzene rings is 2. The zero-order chi connectivity index (χ0) is 26.7. The van der Waals surface area contributed by atoms with E-state index in [1.54, 1.807) is 25.6 Å². The van der Waals surface area contributed by atoms with Gasteiger partial charge in [-0.3, -0.25) is 9.69 Å². The molecule has 0 bridgehead atoms. The molecule has 1 saturated carbocycles. The molecule has 10 heteroatoms. The summed E-state index contributed by atoms with van der Waals surface area (Å²) < 4.78 is 49.9. The first-order valence-electron chi connectivity index (χ1n) is 12.9. The minimum Gasteiger partial charge on any atom is -0.381 e. The molecular weight excluding hydrogens is 495 g/mol. The molecule has 0 N–H and O–H groups in total. The third-order valence-corrected chi connectivity index (χ3v) is 8.35. The second-order valence-corrected chi connectivity index (χ2v) is 10.7. The summed E-state index contributed by atoms with van der Waals surface area (Å²) in [6, 6.07) is 10.4. The van der Waals surface area contributed by atoms with Crippen molar-refractivity contribution < 1.29 is 22.7 Å². The number of hydrogen-bond acceptors (Lipinski definition) is 5. The van der Waals surface area contributed by atoms with Gasteiger partial charge in [-0.25, -0.2) is 0 Å². The molecule has 7 nitrogen and oxygen atoms in total. The van der Waals surface area contributed by atoms with Gasteiger partial charge in [-0.15, -0.1) is 10.2 Å². The van der Waals surface area contributed by atoms with E-state index < -0.39 is 23.1 Å². The summed E-state index contributed by atoms with van der Waals surface area (Å²) in [6.07, 6.45) is 0.663. The number of amides is 1. The van der Waals surface area contributed by atoms with Gasteiger partial charge in [0.15, 0.2) is 0 Å². The van der Waals surface area contributed by atoms with E-state index in [-0.39, 0.29) is 23.8 Å². The molecule has 3 heterocycles. The number of aryl methyl sites for hydroxylation is 1. The van der Waals surface area contributed by atoms with E-state index in [1.165, 1.54) is 11.0 Å². The number of halogens is 3. The van der Waals surface area contributed by atoms with Crippen molar-refractivity contribution in [3.05, 3.63) is 76.4 Å². The maximum Gasteiger partial charge on any atom is 0.416 e. The summed E-state index contributed by atoms with van der Waals surface area (Å²) in [5, 5.41) is 8.43. The smallest absolute Gasteiger partial charge is 0.381 e. The fourth-order valence-electron chi connectivity index (χ4n) is 6.34. The molecule has 1 aliphatic carbocycles. The molecule has 6 rings (SSSR count). The number of carbonyl (C=O) groups excluding carboxylic acids is 1. The van der Waals surface area contributed by atoms with Crippen LogP contribution in [0.15, 0.2) is 42.7 Å². The predicted octanol–water partition coefficient (Wildman–Crippen LogP) is 4.69. The normalized spacial score (nSPS) is 23.7. The molecule has 2 aromatic carbocycles. The summed E-state index contributed by atoms with van der Waals surface area (Å²) >= 11 is 0. The van der Waals surface area contributed by atoms with Gasteiger partial charge in [-0.2, -0.15) is 13.2 Å². The van der Waals surface area contributed by atoms with Crippen LogP contribution in [0.5, 0.6) is 0 Å². The lowest BCUT2D eigenvalue weighted by atomic mass is 9.62. The Labute approximate surface area is 219 Å². The van der Waals surface area contributed by atoms with Crippen molar-refractivity contribution in [1.82, 2.24) is 19.7 Å². The van der Waals surface area contributed by atoms with Crippen LogP contribution < -0.4 is 4.90 Å². The van der Waals surface area contributed by atoms with E-state index in [1.807, 2.05) is 29.8 Å². The number of hydrogen-bond donors (Lipinski definition) is 0. The topological polar surface area (TPSA) is 63.5 Å². The Morgan fingerprint density at radius 2 is 1.89 bits per heavy atom. The highest BCUT2D eigenvalue weighted by molar-refractivity contribution is 6.10. The second-order valence-electron chi connectivity index (χ2n) is 10.7. The SMILES string of the molecule is CO[C@H]1C[C@](c2cccc(N3Cc4c(cc(CN5CCCC5)cc4C(F)(F)F)C3=O)c2)(c2nncn2C)C1. The Morgan fingerprint density at radius 1 is 1.13 bits per heavy atom. The molecular formula is C28H30F3N5O2. The van der Waals surface area contributed by atoms with E-state index in [2.05, 4.69) is 15.1 Å². The quantitative estimate of drug-likeness (QED) is 0.468. The second kappa shape index (κ2) is 9.20. The number of rotatable bonds is 6. The molecule has 2 aliphatic heterocycles. The first-order valence-corrected chi connectivity index (χ1v) is 12.9. The van der Waals surface area contributed by atoms with Crippen LogP contribution in [0.2, 0.25) is 0 Å². The maximum atomic E-state index is 14.2. The van der Waals surface area contributed by atoms with Crippen LogP contribution in [0.1, 0.15) is 64.1 Å². The Bertz CT molecular complexity index is 1370. The highest BCUT2D eigenvalue weighted by atomic mass is 19.4. The number of carbonyl (C=O) groups is 1. The molecule has 0 spiro atoms. The summed E-state index contributed by atoms with van der Waals surface area (Å²) in [5.74, 6) is 0.395. The van der Waals surface area contributed by atoms with E-state index in [9.17, 15) is 18.0 Å². The molecule has 200 valence electrons. The maximum absolute atomic E-state index is 14.2. The van der Waals surface area contributed by atoms with Crippen LogP contribution in [0.25, 0.3) is 0 Å². The van der Waals surface area contributed by atoms with Gasteiger partial charge in [0.05, 0.1) is 23.6 Å². The van der Waals surface area contributed by atoms with Crippen LogP contribution in [0.3, 0.4) is 0 Å². The minimum absolute atomic E-state index is 0.0455. The zero-order valence-corrected chi connectivity index (χ0v) is 21.5. The first-order chi connectivity index (χ1) is 18.2. The van der Waals surface area contributed by atoms with Crippen LogP contribution in [-0.4, -0.2) is 51.9 Å². The number of anilines is 1. The summed E-state index contributed by atoms with van der Waals surface area (Å²) in [5.41, 5.74) is 1.07. The summed E-state index contributed by atoms with van der Waals surface area (Å²) in [7, 11) is 3.57. The highest BCUT2D eigenvalue weighted by Crippen LogP contribution is 2.50. The third kappa shape index (κ3) is 4.10. The number of aromatic nitrogens is 3. The fourth-order valence-corrected chi connectivity index (χ4v) is 6.34. The summed E-state index contributed by atoms with van der Waals surface area (Å²) in [6.45, 7) is 2.03. The third-order valence-electron chi connectivity index (χ3n) is 8.35. The van der Waals surface area contributed by atoms with Gasteiger partial charge < -0.3 is 14.2 Å². The number of nitrogens with zero attached hydrogens (tertiary/aromatic N) is 5.